The maximum absolute atomic E-state index is 13.1. The molecule has 1 aliphatic rings. The van der Waals surface area contributed by atoms with Crippen molar-refractivity contribution in [3.05, 3.63) is 88.2 Å². The van der Waals surface area contributed by atoms with E-state index in [1.807, 2.05) is 53.4 Å². The number of nitrogens with zero attached hydrogens (tertiary/aromatic N) is 2. The molecule has 27 heavy (non-hydrogen) atoms. The Kier molecular flexibility index (Phi) is 4.66. The molecule has 2 aromatic carbocycles. The summed E-state index contributed by atoms with van der Waals surface area (Å²) in [5.41, 5.74) is 5.35. The number of anilines is 1. The monoisotopic (exact) mass is 379 g/mol. The van der Waals surface area contributed by atoms with Gasteiger partial charge in [0.05, 0.1) is 6.04 Å². The van der Waals surface area contributed by atoms with Crippen LogP contribution < -0.4 is 5.32 Å². The van der Waals surface area contributed by atoms with Gasteiger partial charge in [0.2, 0.25) is 0 Å². The maximum atomic E-state index is 13.1. The Morgan fingerprint density at radius 3 is 2.56 bits per heavy atom. The first kappa shape index (κ1) is 17.7. The average Bonchev–Trinajstić information content (AvgIpc) is 3.13. The second-order valence-electron chi connectivity index (χ2n) is 7.00. The lowest BCUT2D eigenvalue weighted by atomic mass is 10.0. The number of aromatic nitrogens is 1. The van der Waals surface area contributed by atoms with Crippen LogP contribution >= 0.6 is 11.6 Å². The third-order valence-corrected chi connectivity index (χ3v) is 5.50. The Morgan fingerprint density at radius 1 is 1.04 bits per heavy atom. The summed E-state index contributed by atoms with van der Waals surface area (Å²) >= 11 is 6.07. The Bertz CT molecular complexity index is 977. The van der Waals surface area contributed by atoms with Crippen LogP contribution in [-0.2, 0) is 6.54 Å². The molecule has 4 rings (SSSR count). The first-order chi connectivity index (χ1) is 13.0. The summed E-state index contributed by atoms with van der Waals surface area (Å²) in [6.07, 6.45) is 2.07. The Balaban J connectivity index is 1.66. The van der Waals surface area contributed by atoms with E-state index in [-0.39, 0.29) is 12.1 Å². The fraction of sp³-hybridized carbons (Fsp3) is 0.227. The van der Waals surface area contributed by atoms with Gasteiger partial charge in [-0.05, 0) is 66.9 Å². The van der Waals surface area contributed by atoms with Gasteiger partial charge < -0.3 is 14.8 Å². The maximum Gasteiger partial charge on any atom is 0.322 e. The van der Waals surface area contributed by atoms with E-state index in [9.17, 15) is 4.79 Å². The van der Waals surface area contributed by atoms with E-state index in [4.69, 9.17) is 11.6 Å². The number of amides is 2. The zero-order chi connectivity index (χ0) is 19.0. The van der Waals surface area contributed by atoms with E-state index in [1.54, 1.807) is 0 Å². The van der Waals surface area contributed by atoms with E-state index in [1.165, 1.54) is 5.56 Å². The van der Waals surface area contributed by atoms with Crippen LogP contribution in [0.4, 0.5) is 10.5 Å². The zero-order valence-electron chi connectivity index (χ0n) is 15.4. The molecule has 1 aromatic heterocycles. The van der Waals surface area contributed by atoms with Crippen molar-refractivity contribution in [2.45, 2.75) is 26.4 Å². The number of fused-ring (bicyclic) bond motifs is 1. The molecule has 1 N–H and O–H groups in total. The van der Waals surface area contributed by atoms with Crippen molar-refractivity contribution in [2.75, 3.05) is 11.9 Å². The molecule has 2 amide bonds. The molecule has 0 aliphatic carbocycles. The fourth-order valence-electron chi connectivity index (χ4n) is 3.61. The lowest BCUT2D eigenvalue weighted by Crippen LogP contribution is -2.44. The highest BCUT2D eigenvalue weighted by molar-refractivity contribution is 6.30. The van der Waals surface area contributed by atoms with Gasteiger partial charge in [0, 0.05) is 35.7 Å². The van der Waals surface area contributed by atoms with E-state index in [0.29, 0.717) is 11.6 Å². The first-order valence-electron chi connectivity index (χ1n) is 9.08. The highest BCUT2D eigenvalue weighted by atomic mass is 35.5. The van der Waals surface area contributed by atoms with Crippen LogP contribution in [-0.4, -0.2) is 22.0 Å². The second-order valence-corrected chi connectivity index (χ2v) is 7.44. The third-order valence-electron chi connectivity index (χ3n) is 5.24. The molecule has 0 unspecified atom stereocenters. The number of rotatable bonds is 2. The number of aryl methyl sites for hydroxylation is 2. The lowest BCUT2D eigenvalue weighted by molar-refractivity contribution is 0.182. The van der Waals surface area contributed by atoms with E-state index in [2.05, 4.69) is 36.0 Å². The van der Waals surface area contributed by atoms with Gasteiger partial charge in [-0.3, -0.25) is 0 Å². The molecule has 4 nitrogen and oxygen atoms in total. The number of hydrogen-bond acceptors (Lipinski definition) is 1. The Morgan fingerprint density at radius 2 is 1.81 bits per heavy atom. The van der Waals surface area contributed by atoms with Crippen LogP contribution in [0.25, 0.3) is 0 Å². The lowest BCUT2D eigenvalue weighted by Gasteiger charge is -2.37. The van der Waals surface area contributed by atoms with Crippen molar-refractivity contribution in [3.63, 3.8) is 0 Å². The molecule has 3 aromatic rings. The molecular formula is C22H22ClN3O. The molecule has 5 heteroatoms. The number of urea groups is 1. The van der Waals surface area contributed by atoms with Crippen molar-refractivity contribution in [1.82, 2.24) is 9.47 Å². The molecular weight excluding hydrogens is 358 g/mol. The summed E-state index contributed by atoms with van der Waals surface area (Å²) in [5.74, 6) is 0. The average molecular weight is 380 g/mol. The summed E-state index contributed by atoms with van der Waals surface area (Å²) in [6.45, 7) is 5.55. The van der Waals surface area contributed by atoms with E-state index >= 15 is 0 Å². The Labute approximate surface area is 164 Å². The van der Waals surface area contributed by atoms with Crippen LogP contribution in [0.5, 0.6) is 0 Å². The van der Waals surface area contributed by atoms with Gasteiger partial charge in [-0.1, -0.05) is 29.8 Å². The molecule has 0 spiro atoms. The largest absolute Gasteiger partial charge is 0.348 e. The third kappa shape index (κ3) is 3.45. The number of nitrogens with one attached hydrogen (secondary N) is 1. The first-order valence-corrected chi connectivity index (χ1v) is 9.46. The molecule has 1 atom stereocenters. The quantitative estimate of drug-likeness (QED) is 0.636. The smallest absolute Gasteiger partial charge is 0.322 e. The molecule has 0 saturated carbocycles. The van der Waals surface area contributed by atoms with Crippen molar-refractivity contribution >= 4 is 23.3 Å². The normalized spacial score (nSPS) is 16.1. The molecule has 1 aliphatic heterocycles. The zero-order valence-corrected chi connectivity index (χ0v) is 16.2. The minimum Gasteiger partial charge on any atom is -0.348 e. The van der Waals surface area contributed by atoms with Gasteiger partial charge in [0.15, 0.2) is 0 Å². The van der Waals surface area contributed by atoms with Gasteiger partial charge in [0.25, 0.3) is 0 Å². The van der Waals surface area contributed by atoms with Crippen LogP contribution in [0.15, 0.2) is 60.8 Å². The van der Waals surface area contributed by atoms with Crippen LogP contribution in [0.1, 0.15) is 28.4 Å². The van der Waals surface area contributed by atoms with Crippen LogP contribution in [0, 0.1) is 13.8 Å². The summed E-state index contributed by atoms with van der Waals surface area (Å²) in [5, 5.41) is 3.76. The predicted octanol–water partition coefficient (Wildman–Crippen LogP) is 5.40. The second kappa shape index (κ2) is 7.12. The molecule has 0 radical (unpaired) electrons. The van der Waals surface area contributed by atoms with Gasteiger partial charge in [-0.25, -0.2) is 4.79 Å². The summed E-state index contributed by atoms with van der Waals surface area (Å²) < 4.78 is 2.21. The topological polar surface area (TPSA) is 37.3 Å². The van der Waals surface area contributed by atoms with Gasteiger partial charge >= 0.3 is 6.03 Å². The van der Waals surface area contributed by atoms with Crippen molar-refractivity contribution < 1.29 is 4.79 Å². The highest BCUT2D eigenvalue weighted by Crippen LogP contribution is 2.33. The minimum atomic E-state index is -0.141. The Hall–Kier alpha value is -2.72. The number of halogens is 1. The number of carbonyl (C=O) groups excluding carboxylic acids is 1. The fourth-order valence-corrected chi connectivity index (χ4v) is 3.74. The standard InChI is InChI=1S/C22H22ClN3O/c1-15-5-10-19(14-16(15)2)24-22(27)26-13-12-25-11-3-4-20(25)21(26)17-6-8-18(23)9-7-17/h3-11,14,21H,12-13H2,1-2H3,(H,24,27)/t21-/m1/s1. The molecule has 138 valence electrons. The minimum absolute atomic E-state index is 0.0920. The summed E-state index contributed by atoms with van der Waals surface area (Å²) in [4.78, 5) is 15.0. The van der Waals surface area contributed by atoms with Crippen molar-refractivity contribution in [3.8, 4) is 0 Å². The van der Waals surface area contributed by atoms with Gasteiger partial charge in [-0.2, -0.15) is 0 Å². The van der Waals surface area contributed by atoms with Crippen molar-refractivity contribution in [2.24, 2.45) is 0 Å². The molecule has 2 heterocycles. The highest BCUT2D eigenvalue weighted by Gasteiger charge is 2.32. The van der Waals surface area contributed by atoms with Gasteiger partial charge in [-0.15, -0.1) is 0 Å². The molecule has 0 saturated heterocycles. The van der Waals surface area contributed by atoms with Crippen molar-refractivity contribution in [1.29, 1.82) is 0 Å². The van der Waals surface area contributed by atoms with Crippen LogP contribution in [0.3, 0.4) is 0 Å². The van der Waals surface area contributed by atoms with Crippen LogP contribution in [0.2, 0.25) is 5.02 Å². The molecule has 0 fully saturated rings. The summed E-state index contributed by atoms with van der Waals surface area (Å²) in [6, 6.07) is 17.6. The molecule has 0 bridgehead atoms. The predicted molar refractivity (Wildman–Crippen MR) is 109 cm³/mol. The summed E-state index contributed by atoms with van der Waals surface area (Å²) in [7, 11) is 0. The van der Waals surface area contributed by atoms with E-state index in [0.717, 1.165) is 29.1 Å². The number of hydrogen-bond donors (Lipinski definition) is 1. The van der Waals surface area contributed by atoms with Gasteiger partial charge in [0.1, 0.15) is 0 Å². The SMILES string of the molecule is Cc1ccc(NC(=O)N2CCn3cccc3[C@H]2c2ccc(Cl)cc2)cc1C. The van der Waals surface area contributed by atoms with E-state index < -0.39 is 0 Å². The number of benzene rings is 2. The number of carbonyl (C=O) groups is 1.